The zero-order valence-electron chi connectivity index (χ0n) is 16.6. The van der Waals surface area contributed by atoms with E-state index >= 15 is 0 Å². The highest BCUT2D eigenvalue weighted by Gasteiger charge is 2.32. The molecule has 0 aromatic heterocycles. The Bertz CT molecular complexity index is 880. The number of nitrogens with zero attached hydrogens (tertiary/aromatic N) is 1. The van der Waals surface area contributed by atoms with Crippen molar-refractivity contribution in [3.05, 3.63) is 64.2 Å². The second-order valence-electron chi connectivity index (χ2n) is 7.32. The largest absolute Gasteiger partial charge is 0.434 e. The van der Waals surface area contributed by atoms with Crippen LogP contribution >= 0.6 is 11.6 Å². The summed E-state index contributed by atoms with van der Waals surface area (Å²) in [6, 6.07) is 10.8. The predicted molar refractivity (Wildman–Crippen MR) is 107 cm³/mol. The van der Waals surface area contributed by atoms with E-state index in [0.29, 0.717) is 5.56 Å². The molecule has 2 aromatic rings. The first-order valence-electron chi connectivity index (χ1n) is 9.01. The number of halogens is 3. The molecule has 0 saturated heterocycles. The molecule has 2 rings (SSSR count). The molecule has 0 radical (unpaired) electrons. The van der Waals surface area contributed by atoms with Gasteiger partial charge in [-0.1, -0.05) is 30.7 Å². The third-order valence-corrected chi connectivity index (χ3v) is 4.34. The van der Waals surface area contributed by atoms with Gasteiger partial charge in [0.15, 0.2) is 0 Å². The van der Waals surface area contributed by atoms with E-state index in [0.717, 1.165) is 23.1 Å². The van der Waals surface area contributed by atoms with E-state index < -0.39 is 24.0 Å². The van der Waals surface area contributed by atoms with E-state index in [4.69, 9.17) is 11.6 Å². The lowest BCUT2D eigenvalue weighted by atomic mass is 10.1. The van der Waals surface area contributed by atoms with Gasteiger partial charge in [0.1, 0.15) is 5.75 Å². The molecule has 29 heavy (non-hydrogen) atoms. The van der Waals surface area contributed by atoms with Crippen LogP contribution in [-0.4, -0.2) is 29.0 Å². The van der Waals surface area contributed by atoms with E-state index in [1.54, 1.807) is 32.9 Å². The van der Waals surface area contributed by atoms with E-state index in [2.05, 4.69) is 10.2 Å². The third-order valence-electron chi connectivity index (χ3n) is 4.10. The number of alkyl halides is 2. The molecule has 0 saturated carbocycles. The molecule has 5 nitrogen and oxygen atoms in total. The molecule has 8 heteroatoms. The van der Waals surface area contributed by atoms with Crippen LogP contribution in [0.5, 0.6) is 5.75 Å². The van der Waals surface area contributed by atoms with Crippen LogP contribution in [0.2, 0.25) is 5.02 Å². The normalized spacial score (nSPS) is 11.3. The Morgan fingerprint density at radius 1 is 1.14 bits per heavy atom. The predicted octanol–water partition coefficient (Wildman–Crippen LogP) is 5.09. The molecule has 0 spiro atoms. The molecule has 0 heterocycles. The van der Waals surface area contributed by atoms with Crippen molar-refractivity contribution in [3.8, 4) is 5.75 Å². The lowest BCUT2D eigenvalue weighted by Crippen LogP contribution is -2.56. The van der Waals surface area contributed by atoms with Gasteiger partial charge in [0.2, 0.25) is 0 Å². The van der Waals surface area contributed by atoms with Crippen LogP contribution in [0.3, 0.4) is 0 Å². The SMILES string of the molecule is CCc1ccc(C(=O)NN(C(=O)c2ccc(Cl)cc2OC(F)F)C(C)(C)C)cc1. The second kappa shape index (κ2) is 9.22. The van der Waals surface area contributed by atoms with Gasteiger partial charge in [-0.15, -0.1) is 0 Å². The zero-order valence-corrected chi connectivity index (χ0v) is 17.4. The quantitative estimate of drug-likeness (QED) is 0.680. The third kappa shape index (κ3) is 5.90. The van der Waals surface area contributed by atoms with Crippen LogP contribution in [0.15, 0.2) is 42.5 Å². The van der Waals surface area contributed by atoms with Crippen LogP contribution in [0, 0.1) is 0 Å². The summed E-state index contributed by atoms with van der Waals surface area (Å²) in [5.41, 5.74) is 3.01. The molecule has 0 aliphatic rings. The summed E-state index contributed by atoms with van der Waals surface area (Å²) < 4.78 is 30.0. The smallest absolute Gasteiger partial charge is 0.387 e. The van der Waals surface area contributed by atoms with Crippen molar-refractivity contribution < 1.29 is 23.1 Å². The first-order valence-corrected chi connectivity index (χ1v) is 9.39. The first-order chi connectivity index (χ1) is 13.5. The number of carbonyl (C=O) groups excluding carboxylic acids is 2. The lowest BCUT2D eigenvalue weighted by Gasteiger charge is -2.35. The molecule has 0 unspecified atom stereocenters. The van der Waals surface area contributed by atoms with Gasteiger partial charge in [-0.05, 0) is 63.1 Å². The highest BCUT2D eigenvalue weighted by molar-refractivity contribution is 6.30. The molecular weight excluding hydrogens is 402 g/mol. The minimum absolute atomic E-state index is 0.138. The van der Waals surface area contributed by atoms with Crippen molar-refractivity contribution >= 4 is 23.4 Å². The Hall–Kier alpha value is -2.67. The van der Waals surface area contributed by atoms with E-state index in [-0.39, 0.29) is 16.3 Å². The second-order valence-corrected chi connectivity index (χ2v) is 7.76. The fourth-order valence-electron chi connectivity index (χ4n) is 2.57. The topological polar surface area (TPSA) is 58.6 Å². The number of aryl methyl sites for hydroxylation is 1. The van der Waals surface area contributed by atoms with Gasteiger partial charge in [0.05, 0.1) is 11.1 Å². The summed E-state index contributed by atoms with van der Waals surface area (Å²) in [7, 11) is 0. The fraction of sp³-hybridized carbons (Fsp3) is 0.333. The fourth-order valence-corrected chi connectivity index (χ4v) is 2.73. The summed E-state index contributed by atoms with van der Waals surface area (Å²) >= 11 is 5.84. The number of hydrogen-bond donors (Lipinski definition) is 1. The monoisotopic (exact) mass is 424 g/mol. The Morgan fingerprint density at radius 2 is 1.76 bits per heavy atom. The van der Waals surface area contributed by atoms with E-state index in [1.165, 1.54) is 12.1 Å². The Kier molecular flexibility index (Phi) is 7.19. The number of amides is 2. The standard InChI is InChI=1S/C21H23ClF2N2O3/c1-5-13-6-8-14(9-7-13)18(27)25-26(21(2,3)4)19(28)16-11-10-15(22)12-17(16)29-20(23)24/h6-12,20H,5H2,1-4H3,(H,25,27). The maximum absolute atomic E-state index is 13.1. The molecule has 1 N–H and O–H groups in total. The van der Waals surface area contributed by atoms with Crippen molar-refractivity contribution in [1.82, 2.24) is 10.4 Å². The minimum atomic E-state index is -3.13. The van der Waals surface area contributed by atoms with Gasteiger partial charge in [-0.3, -0.25) is 15.0 Å². The number of benzene rings is 2. The minimum Gasteiger partial charge on any atom is -0.434 e. The number of hydrazine groups is 1. The van der Waals surface area contributed by atoms with E-state index in [1.807, 2.05) is 19.1 Å². The summed E-state index contributed by atoms with van der Waals surface area (Å²) in [5, 5.41) is 1.23. The van der Waals surface area contributed by atoms with Crippen molar-refractivity contribution in [3.63, 3.8) is 0 Å². The zero-order chi connectivity index (χ0) is 21.8. The van der Waals surface area contributed by atoms with Crippen molar-refractivity contribution in [1.29, 1.82) is 0 Å². The van der Waals surface area contributed by atoms with Gasteiger partial charge in [-0.2, -0.15) is 8.78 Å². The first kappa shape index (κ1) is 22.6. The average molecular weight is 425 g/mol. The molecular formula is C21H23ClF2N2O3. The van der Waals surface area contributed by atoms with Crippen molar-refractivity contribution in [2.24, 2.45) is 0 Å². The van der Waals surface area contributed by atoms with Gasteiger partial charge >= 0.3 is 6.61 Å². The molecule has 2 aromatic carbocycles. The van der Waals surface area contributed by atoms with Crippen molar-refractivity contribution in [2.75, 3.05) is 0 Å². The van der Waals surface area contributed by atoms with Gasteiger partial charge in [-0.25, -0.2) is 5.01 Å². The van der Waals surface area contributed by atoms with Crippen LogP contribution in [0.4, 0.5) is 8.78 Å². The van der Waals surface area contributed by atoms with Crippen LogP contribution in [-0.2, 0) is 6.42 Å². The molecule has 156 valence electrons. The van der Waals surface area contributed by atoms with Crippen LogP contribution < -0.4 is 10.2 Å². The summed E-state index contributed by atoms with van der Waals surface area (Å²) in [6.45, 7) is 3.98. The Labute approximate surface area is 173 Å². The maximum atomic E-state index is 13.1. The highest BCUT2D eigenvalue weighted by atomic mass is 35.5. The summed E-state index contributed by atoms with van der Waals surface area (Å²) in [5.74, 6) is -1.57. The van der Waals surface area contributed by atoms with Gasteiger partial charge < -0.3 is 4.74 Å². The number of rotatable bonds is 5. The van der Waals surface area contributed by atoms with Crippen LogP contribution in [0.25, 0.3) is 0 Å². The lowest BCUT2D eigenvalue weighted by molar-refractivity contribution is -0.0504. The van der Waals surface area contributed by atoms with Crippen molar-refractivity contribution in [2.45, 2.75) is 46.3 Å². The molecule has 0 bridgehead atoms. The average Bonchev–Trinajstić information content (AvgIpc) is 2.64. The molecule has 0 aliphatic heterocycles. The molecule has 0 atom stereocenters. The molecule has 0 fully saturated rings. The Balaban J connectivity index is 2.35. The molecule has 0 aliphatic carbocycles. The van der Waals surface area contributed by atoms with E-state index in [9.17, 15) is 18.4 Å². The Morgan fingerprint density at radius 3 is 2.28 bits per heavy atom. The number of nitrogens with one attached hydrogen (secondary N) is 1. The maximum Gasteiger partial charge on any atom is 0.387 e. The highest BCUT2D eigenvalue weighted by Crippen LogP contribution is 2.28. The summed E-state index contributed by atoms with van der Waals surface area (Å²) in [4.78, 5) is 25.8. The number of carbonyl (C=O) groups is 2. The number of hydrogen-bond acceptors (Lipinski definition) is 3. The van der Waals surface area contributed by atoms with Gasteiger partial charge in [0, 0.05) is 10.6 Å². The summed E-state index contributed by atoms with van der Waals surface area (Å²) in [6.07, 6.45) is 0.831. The van der Waals surface area contributed by atoms with Gasteiger partial charge in [0.25, 0.3) is 11.8 Å². The van der Waals surface area contributed by atoms with Crippen LogP contribution in [0.1, 0.15) is 54.0 Å². The molecule has 2 amide bonds. The number of ether oxygens (including phenoxy) is 1.